The Morgan fingerprint density at radius 3 is 2.44 bits per heavy atom. The molecule has 0 aliphatic carbocycles. The molecule has 92 valence electrons. The fraction of sp³-hybridized carbons (Fsp3) is 0. The molecule has 0 unspecified atom stereocenters. The predicted octanol–water partition coefficient (Wildman–Crippen LogP) is 3.80. The lowest BCUT2D eigenvalue weighted by atomic mass is 10.0. The summed E-state index contributed by atoms with van der Waals surface area (Å²) >= 11 is 12.0. The molecule has 0 bridgehead atoms. The van der Waals surface area contributed by atoms with Gasteiger partial charge in [-0.2, -0.15) is 0 Å². The summed E-state index contributed by atoms with van der Waals surface area (Å²) in [6.07, 6.45) is 0. The molecule has 2 aromatic carbocycles. The average molecular weight is 281 g/mol. The van der Waals surface area contributed by atoms with Crippen LogP contribution in [0, 0.1) is 0 Å². The molecule has 0 spiro atoms. The van der Waals surface area contributed by atoms with Crippen LogP contribution in [0.4, 0.5) is 5.69 Å². The number of hydrogen-bond acceptors (Lipinski definition) is 3. The molecule has 2 aromatic rings. The number of nitrogen functional groups attached to an aromatic ring is 1. The van der Waals surface area contributed by atoms with Gasteiger partial charge in [0.2, 0.25) is 0 Å². The summed E-state index contributed by atoms with van der Waals surface area (Å²) in [7, 11) is 0. The summed E-state index contributed by atoms with van der Waals surface area (Å²) in [5.41, 5.74) is 7.78. The largest absolute Gasteiger partial charge is 0.410 e. The summed E-state index contributed by atoms with van der Waals surface area (Å²) in [6, 6.07) is 12.0. The third kappa shape index (κ3) is 2.42. The van der Waals surface area contributed by atoms with Crippen molar-refractivity contribution in [3.8, 4) is 0 Å². The Morgan fingerprint density at radius 2 is 1.78 bits per heavy atom. The van der Waals surface area contributed by atoms with Gasteiger partial charge in [0.1, 0.15) is 5.71 Å². The maximum absolute atomic E-state index is 9.20. The van der Waals surface area contributed by atoms with Crippen molar-refractivity contribution in [3.63, 3.8) is 0 Å². The molecular formula is C13H10Cl2N2O. The second-order valence-corrected chi connectivity index (χ2v) is 4.50. The summed E-state index contributed by atoms with van der Waals surface area (Å²) in [4.78, 5) is 0. The summed E-state index contributed by atoms with van der Waals surface area (Å²) in [6.45, 7) is 0. The minimum Gasteiger partial charge on any atom is -0.410 e. The minimum atomic E-state index is 0.292. The van der Waals surface area contributed by atoms with Crippen LogP contribution in [0.1, 0.15) is 11.1 Å². The lowest BCUT2D eigenvalue weighted by molar-refractivity contribution is 0.319. The second kappa shape index (κ2) is 5.29. The Morgan fingerprint density at radius 1 is 1.06 bits per heavy atom. The molecule has 5 heteroatoms. The Hall–Kier alpha value is -1.71. The van der Waals surface area contributed by atoms with Gasteiger partial charge in [0.15, 0.2) is 0 Å². The van der Waals surface area contributed by atoms with E-state index in [9.17, 15) is 5.21 Å². The van der Waals surface area contributed by atoms with Crippen molar-refractivity contribution in [2.45, 2.75) is 0 Å². The van der Waals surface area contributed by atoms with Gasteiger partial charge in [0.25, 0.3) is 0 Å². The van der Waals surface area contributed by atoms with E-state index in [0.29, 0.717) is 32.6 Å². The van der Waals surface area contributed by atoms with E-state index >= 15 is 0 Å². The van der Waals surface area contributed by atoms with Crippen molar-refractivity contribution in [2.24, 2.45) is 5.16 Å². The molecule has 0 atom stereocenters. The van der Waals surface area contributed by atoms with Crippen molar-refractivity contribution in [1.29, 1.82) is 0 Å². The quantitative estimate of drug-likeness (QED) is 0.380. The molecule has 0 amide bonds. The number of nitrogens with two attached hydrogens (primary N) is 1. The molecular weight excluding hydrogens is 271 g/mol. The highest BCUT2D eigenvalue weighted by Gasteiger charge is 2.14. The smallest absolute Gasteiger partial charge is 0.120 e. The normalized spacial score (nSPS) is 11.6. The molecule has 18 heavy (non-hydrogen) atoms. The van der Waals surface area contributed by atoms with E-state index in [-0.39, 0.29) is 0 Å². The number of rotatable bonds is 2. The van der Waals surface area contributed by atoms with E-state index in [0.717, 1.165) is 0 Å². The summed E-state index contributed by atoms with van der Waals surface area (Å²) in [5, 5.41) is 13.4. The van der Waals surface area contributed by atoms with Crippen LogP contribution in [0.3, 0.4) is 0 Å². The van der Waals surface area contributed by atoms with Crippen LogP contribution in [0.2, 0.25) is 10.0 Å². The van der Waals surface area contributed by atoms with Crippen LogP contribution in [0.5, 0.6) is 0 Å². The highest BCUT2D eigenvalue weighted by molar-refractivity contribution is 6.37. The van der Waals surface area contributed by atoms with Crippen molar-refractivity contribution in [3.05, 3.63) is 63.6 Å². The van der Waals surface area contributed by atoms with Gasteiger partial charge in [-0.25, -0.2) is 0 Å². The van der Waals surface area contributed by atoms with Crippen LogP contribution < -0.4 is 5.73 Å². The van der Waals surface area contributed by atoms with Gasteiger partial charge in [0, 0.05) is 21.8 Å². The minimum absolute atomic E-state index is 0.292. The van der Waals surface area contributed by atoms with E-state index < -0.39 is 0 Å². The molecule has 2 rings (SSSR count). The van der Waals surface area contributed by atoms with E-state index in [4.69, 9.17) is 28.9 Å². The number of anilines is 1. The fourth-order valence-electron chi connectivity index (χ4n) is 1.64. The molecule has 0 aliphatic rings. The van der Waals surface area contributed by atoms with Gasteiger partial charge in [-0.3, -0.25) is 0 Å². The average Bonchev–Trinajstić information content (AvgIpc) is 2.36. The zero-order chi connectivity index (χ0) is 13.1. The maximum Gasteiger partial charge on any atom is 0.120 e. The van der Waals surface area contributed by atoms with Gasteiger partial charge in [0.05, 0.1) is 5.02 Å². The van der Waals surface area contributed by atoms with Gasteiger partial charge in [-0.15, -0.1) is 0 Å². The van der Waals surface area contributed by atoms with E-state index in [1.807, 2.05) is 0 Å². The van der Waals surface area contributed by atoms with E-state index in [2.05, 4.69) is 5.16 Å². The van der Waals surface area contributed by atoms with Crippen LogP contribution in [0.15, 0.2) is 47.6 Å². The third-order valence-corrected chi connectivity index (χ3v) is 3.06. The highest BCUT2D eigenvalue weighted by Crippen LogP contribution is 2.25. The SMILES string of the molecule is Nc1ccccc1C(=NO)c1cc(Cl)ccc1Cl. The Balaban J connectivity index is 2.60. The first-order valence-corrected chi connectivity index (χ1v) is 5.91. The molecule has 0 fully saturated rings. The number of halogens is 2. The third-order valence-electron chi connectivity index (χ3n) is 2.50. The van der Waals surface area contributed by atoms with Crippen molar-refractivity contribution in [2.75, 3.05) is 5.73 Å². The second-order valence-electron chi connectivity index (χ2n) is 3.66. The first kappa shape index (κ1) is 12.7. The van der Waals surface area contributed by atoms with Gasteiger partial charge >= 0.3 is 0 Å². The number of nitrogens with zero attached hydrogens (tertiary/aromatic N) is 1. The molecule has 3 nitrogen and oxygen atoms in total. The first-order valence-electron chi connectivity index (χ1n) is 5.16. The van der Waals surface area contributed by atoms with Gasteiger partial charge in [-0.05, 0) is 24.3 Å². The molecule has 0 saturated heterocycles. The van der Waals surface area contributed by atoms with Crippen molar-refractivity contribution >= 4 is 34.6 Å². The van der Waals surface area contributed by atoms with Crippen LogP contribution in [0.25, 0.3) is 0 Å². The molecule has 3 N–H and O–H groups in total. The van der Waals surface area contributed by atoms with E-state index in [1.54, 1.807) is 42.5 Å². The van der Waals surface area contributed by atoms with Crippen molar-refractivity contribution in [1.82, 2.24) is 0 Å². The molecule has 0 aliphatic heterocycles. The Labute approximate surface area is 114 Å². The number of para-hydroxylation sites is 1. The monoisotopic (exact) mass is 280 g/mol. The van der Waals surface area contributed by atoms with Crippen LogP contribution in [-0.4, -0.2) is 10.9 Å². The number of oxime groups is 1. The number of benzene rings is 2. The van der Waals surface area contributed by atoms with E-state index in [1.165, 1.54) is 0 Å². The van der Waals surface area contributed by atoms with Gasteiger partial charge in [-0.1, -0.05) is 46.6 Å². The highest BCUT2D eigenvalue weighted by atomic mass is 35.5. The van der Waals surface area contributed by atoms with Gasteiger partial charge < -0.3 is 10.9 Å². The number of hydrogen-bond donors (Lipinski definition) is 2. The lowest BCUT2D eigenvalue weighted by Crippen LogP contribution is -2.07. The molecule has 0 heterocycles. The lowest BCUT2D eigenvalue weighted by Gasteiger charge is -2.09. The predicted molar refractivity (Wildman–Crippen MR) is 74.7 cm³/mol. The fourth-order valence-corrected chi connectivity index (χ4v) is 2.02. The zero-order valence-electron chi connectivity index (χ0n) is 9.27. The molecule has 0 aromatic heterocycles. The summed E-state index contributed by atoms with van der Waals surface area (Å²) < 4.78 is 0. The maximum atomic E-state index is 9.20. The molecule has 0 saturated carbocycles. The van der Waals surface area contributed by atoms with Crippen LogP contribution in [-0.2, 0) is 0 Å². The topological polar surface area (TPSA) is 58.6 Å². The Kier molecular flexibility index (Phi) is 3.75. The molecule has 0 radical (unpaired) electrons. The first-order chi connectivity index (χ1) is 8.63. The Bertz CT molecular complexity index is 612. The van der Waals surface area contributed by atoms with Crippen LogP contribution >= 0.6 is 23.2 Å². The van der Waals surface area contributed by atoms with Crippen molar-refractivity contribution < 1.29 is 5.21 Å². The zero-order valence-corrected chi connectivity index (χ0v) is 10.8. The standard InChI is InChI=1S/C13H10Cl2N2O/c14-8-5-6-11(15)10(7-8)13(17-18)9-3-1-2-4-12(9)16/h1-7,18H,16H2. The summed E-state index contributed by atoms with van der Waals surface area (Å²) in [5.74, 6) is 0.